The standard InChI is InChI=1S/C8H6ClNS/c1-5-2-6(9)8-7(3-5)11-4-10-8/h2-4H,1H3. The maximum atomic E-state index is 5.95. The predicted molar refractivity (Wildman–Crippen MR) is 49.4 cm³/mol. The van der Waals surface area contributed by atoms with Gasteiger partial charge in [-0.05, 0) is 24.6 Å². The van der Waals surface area contributed by atoms with E-state index in [1.165, 1.54) is 5.56 Å². The quantitative estimate of drug-likeness (QED) is 0.611. The first-order chi connectivity index (χ1) is 5.27. The number of benzene rings is 1. The highest BCUT2D eigenvalue weighted by molar-refractivity contribution is 7.16. The summed E-state index contributed by atoms with van der Waals surface area (Å²) in [6.45, 7) is 2.03. The van der Waals surface area contributed by atoms with Gasteiger partial charge >= 0.3 is 0 Å². The van der Waals surface area contributed by atoms with Crippen LogP contribution in [0.4, 0.5) is 0 Å². The minimum atomic E-state index is 0.751. The van der Waals surface area contributed by atoms with Crippen molar-refractivity contribution in [3.05, 3.63) is 28.2 Å². The summed E-state index contributed by atoms with van der Waals surface area (Å²) in [5, 5.41) is 0.751. The number of fused-ring (bicyclic) bond motifs is 1. The van der Waals surface area contributed by atoms with Gasteiger partial charge in [-0.1, -0.05) is 11.6 Å². The Morgan fingerprint density at radius 1 is 1.45 bits per heavy atom. The SMILES string of the molecule is Cc1cc(Cl)c2ncsc2c1. The molecule has 2 rings (SSSR count). The smallest absolute Gasteiger partial charge is 0.0998 e. The zero-order valence-corrected chi connectivity index (χ0v) is 7.54. The summed E-state index contributed by atoms with van der Waals surface area (Å²) < 4.78 is 1.16. The van der Waals surface area contributed by atoms with Gasteiger partial charge in [-0.25, -0.2) is 4.98 Å². The van der Waals surface area contributed by atoms with Crippen molar-refractivity contribution in [1.82, 2.24) is 4.98 Å². The molecule has 0 amide bonds. The molecule has 0 saturated carbocycles. The van der Waals surface area contributed by atoms with Crippen LogP contribution in [0.15, 0.2) is 17.6 Å². The molecular weight excluding hydrogens is 178 g/mol. The molecule has 1 heterocycles. The molecule has 0 unspecified atom stereocenters. The molecule has 0 bridgehead atoms. The summed E-state index contributed by atoms with van der Waals surface area (Å²) in [5.74, 6) is 0. The Hall–Kier alpha value is -0.600. The van der Waals surface area contributed by atoms with E-state index in [0.717, 1.165) is 15.2 Å². The maximum absolute atomic E-state index is 5.95. The average molecular weight is 184 g/mol. The molecule has 0 saturated heterocycles. The first kappa shape index (κ1) is 7.07. The van der Waals surface area contributed by atoms with Crippen LogP contribution < -0.4 is 0 Å². The highest BCUT2D eigenvalue weighted by Crippen LogP contribution is 2.26. The molecule has 0 aliphatic carbocycles. The molecule has 3 heteroatoms. The van der Waals surface area contributed by atoms with Crippen molar-refractivity contribution in [3.63, 3.8) is 0 Å². The highest BCUT2D eigenvalue weighted by atomic mass is 35.5. The van der Waals surface area contributed by atoms with Gasteiger partial charge in [0.25, 0.3) is 0 Å². The molecule has 1 nitrogen and oxygen atoms in total. The number of aryl methyl sites for hydroxylation is 1. The lowest BCUT2D eigenvalue weighted by atomic mass is 10.2. The molecule has 0 aliphatic rings. The van der Waals surface area contributed by atoms with E-state index in [1.54, 1.807) is 11.3 Å². The van der Waals surface area contributed by atoms with Gasteiger partial charge in [-0.2, -0.15) is 0 Å². The summed E-state index contributed by atoms with van der Waals surface area (Å²) >= 11 is 7.57. The number of halogens is 1. The average Bonchev–Trinajstić information content (AvgIpc) is 2.34. The Morgan fingerprint density at radius 3 is 3.09 bits per heavy atom. The van der Waals surface area contributed by atoms with Crippen LogP contribution in [0.5, 0.6) is 0 Å². The minimum Gasteiger partial charge on any atom is -0.243 e. The summed E-state index contributed by atoms with van der Waals surface area (Å²) in [6.07, 6.45) is 0. The Bertz CT molecular complexity index is 394. The van der Waals surface area contributed by atoms with Gasteiger partial charge in [0, 0.05) is 0 Å². The van der Waals surface area contributed by atoms with E-state index in [0.29, 0.717) is 0 Å². The van der Waals surface area contributed by atoms with Gasteiger partial charge in [-0.3, -0.25) is 0 Å². The van der Waals surface area contributed by atoms with Gasteiger partial charge < -0.3 is 0 Å². The van der Waals surface area contributed by atoms with Crippen LogP contribution in [0.1, 0.15) is 5.56 Å². The van der Waals surface area contributed by atoms with Gasteiger partial charge in [-0.15, -0.1) is 11.3 Å². The largest absolute Gasteiger partial charge is 0.243 e. The van der Waals surface area contributed by atoms with Crippen LogP contribution in [-0.2, 0) is 0 Å². The second kappa shape index (κ2) is 2.47. The van der Waals surface area contributed by atoms with Crippen molar-refractivity contribution in [2.75, 3.05) is 0 Å². The van der Waals surface area contributed by atoms with Crippen molar-refractivity contribution in [3.8, 4) is 0 Å². The van der Waals surface area contributed by atoms with Crippen molar-refractivity contribution in [2.24, 2.45) is 0 Å². The summed E-state index contributed by atoms with van der Waals surface area (Å²) in [5.41, 5.74) is 3.92. The van der Waals surface area contributed by atoms with Gasteiger partial charge in [0.1, 0.15) is 0 Å². The predicted octanol–water partition coefficient (Wildman–Crippen LogP) is 3.26. The Labute approximate surface area is 73.6 Å². The van der Waals surface area contributed by atoms with Crippen LogP contribution in [0.2, 0.25) is 5.02 Å². The second-order valence-corrected chi connectivity index (χ2v) is 3.74. The number of hydrogen-bond acceptors (Lipinski definition) is 2. The molecule has 1 aromatic carbocycles. The van der Waals surface area contributed by atoms with Gasteiger partial charge in [0.05, 0.1) is 20.7 Å². The molecule has 1 aromatic heterocycles. The topological polar surface area (TPSA) is 12.9 Å². The molecule has 11 heavy (non-hydrogen) atoms. The zero-order valence-electron chi connectivity index (χ0n) is 5.97. The lowest BCUT2D eigenvalue weighted by Gasteiger charge is -1.93. The third-order valence-electron chi connectivity index (χ3n) is 1.53. The fourth-order valence-corrected chi connectivity index (χ4v) is 2.23. The van der Waals surface area contributed by atoms with Crippen molar-refractivity contribution in [1.29, 1.82) is 0 Å². The van der Waals surface area contributed by atoms with Crippen LogP contribution in [0.25, 0.3) is 10.2 Å². The van der Waals surface area contributed by atoms with E-state index in [2.05, 4.69) is 11.1 Å². The van der Waals surface area contributed by atoms with Crippen LogP contribution >= 0.6 is 22.9 Å². The Morgan fingerprint density at radius 2 is 2.27 bits per heavy atom. The van der Waals surface area contributed by atoms with Crippen molar-refractivity contribution >= 4 is 33.2 Å². The number of rotatable bonds is 0. The molecule has 0 atom stereocenters. The summed E-state index contributed by atoms with van der Waals surface area (Å²) in [4.78, 5) is 4.15. The van der Waals surface area contributed by atoms with Gasteiger partial charge in [0.2, 0.25) is 0 Å². The zero-order chi connectivity index (χ0) is 7.84. The molecule has 0 aliphatic heterocycles. The normalized spacial score (nSPS) is 10.7. The first-order valence-electron chi connectivity index (χ1n) is 3.27. The monoisotopic (exact) mass is 183 g/mol. The number of nitrogens with zero attached hydrogens (tertiary/aromatic N) is 1. The lowest BCUT2D eigenvalue weighted by Crippen LogP contribution is -1.73. The number of hydrogen-bond donors (Lipinski definition) is 0. The van der Waals surface area contributed by atoms with Gasteiger partial charge in [0.15, 0.2) is 0 Å². The van der Waals surface area contributed by atoms with E-state index < -0.39 is 0 Å². The summed E-state index contributed by atoms with van der Waals surface area (Å²) in [6, 6.07) is 4.03. The van der Waals surface area contributed by atoms with E-state index in [9.17, 15) is 0 Å². The van der Waals surface area contributed by atoms with Crippen LogP contribution in [0, 0.1) is 6.92 Å². The van der Waals surface area contributed by atoms with E-state index in [1.807, 2.05) is 18.5 Å². The molecule has 0 fully saturated rings. The highest BCUT2D eigenvalue weighted by Gasteiger charge is 2.01. The van der Waals surface area contributed by atoms with E-state index >= 15 is 0 Å². The molecule has 56 valence electrons. The summed E-state index contributed by atoms with van der Waals surface area (Å²) in [7, 11) is 0. The third kappa shape index (κ3) is 1.12. The fourth-order valence-electron chi connectivity index (χ4n) is 1.05. The van der Waals surface area contributed by atoms with Crippen LogP contribution in [-0.4, -0.2) is 4.98 Å². The Kier molecular flexibility index (Phi) is 1.59. The molecule has 2 aromatic rings. The van der Waals surface area contributed by atoms with Crippen molar-refractivity contribution in [2.45, 2.75) is 6.92 Å². The maximum Gasteiger partial charge on any atom is 0.0998 e. The van der Waals surface area contributed by atoms with E-state index in [4.69, 9.17) is 11.6 Å². The number of thiazole rings is 1. The molecule has 0 spiro atoms. The molecular formula is C8H6ClNS. The lowest BCUT2D eigenvalue weighted by molar-refractivity contribution is 1.46. The van der Waals surface area contributed by atoms with E-state index in [-0.39, 0.29) is 0 Å². The second-order valence-electron chi connectivity index (χ2n) is 2.45. The van der Waals surface area contributed by atoms with Crippen LogP contribution in [0.3, 0.4) is 0 Å². The number of aromatic nitrogens is 1. The molecule has 0 radical (unpaired) electrons. The third-order valence-corrected chi connectivity index (χ3v) is 2.60. The fraction of sp³-hybridized carbons (Fsp3) is 0.125. The van der Waals surface area contributed by atoms with Crippen molar-refractivity contribution < 1.29 is 0 Å². The minimum absolute atomic E-state index is 0.751. The Balaban J connectivity index is 2.91. The molecule has 0 N–H and O–H groups in total. The first-order valence-corrected chi connectivity index (χ1v) is 4.52.